The van der Waals surface area contributed by atoms with Crippen LogP contribution in [0.1, 0.15) is 46.5 Å². The van der Waals surface area contributed by atoms with Gasteiger partial charge in [0.05, 0.1) is 18.8 Å². The standard InChI is InChI=1S/C10H22O2/c1-4-6-10(3,7-5-2)12-9-8-11/h11H,4-9H2,1-3H3. The van der Waals surface area contributed by atoms with Gasteiger partial charge in [-0.3, -0.25) is 0 Å². The van der Waals surface area contributed by atoms with Crippen molar-refractivity contribution in [2.75, 3.05) is 13.2 Å². The van der Waals surface area contributed by atoms with Gasteiger partial charge in [-0.1, -0.05) is 26.7 Å². The summed E-state index contributed by atoms with van der Waals surface area (Å²) in [5.74, 6) is 0. The van der Waals surface area contributed by atoms with Gasteiger partial charge in [-0.25, -0.2) is 0 Å². The van der Waals surface area contributed by atoms with Crippen LogP contribution < -0.4 is 0 Å². The molecule has 0 saturated heterocycles. The van der Waals surface area contributed by atoms with E-state index in [9.17, 15) is 0 Å². The highest BCUT2D eigenvalue weighted by molar-refractivity contribution is 4.73. The van der Waals surface area contributed by atoms with E-state index in [0.29, 0.717) is 6.61 Å². The molecule has 2 heteroatoms. The Balaban J connectivity index is 3.80. The SMILES string of the molecule is CCCC(C)(CCC)OCCO. The lowest BCUT2D eigenvalue weighted by Crippen LogP contribution is -2.29. The normalized spacial score (nSPS) is 12.0. The molecule has 0 fully saturated rings. The molecule has 0 atom stereocenters. The van der Waals surface area contributed by atoms with E-state index >= 15 is 0 Å². The van der Waals surface area contributed by atoms with Gasteiger partial charge < -0.3 is 9.84 Å². The maximum atomic E-state index is 8.64. The van der Waals surface area contributed by atoms with E-state index in [1.807, 2.05) is 0 Å². The molecule has 0 aromatic heterocycles. The molecule has 0 rings (SSSR count). The molecule has 0 heterocycles. The molecule has 0 amide bonds. The van der Waals surface area contributed by atoms with Gasteiger partial charge in [-0.2, -0.15) is 0 Å². The van der Waals surface area contributed by atoms with Gasteiger partial charge in [0, 0.05) is 0 Å². The van der Waals surface area contributed by atoms with Crippen LogP contribution in [0.3, 0.4) is 0 Å². The first-order chi connectivity index (χ1) is 5.68. The Morgan fingerprint density at radius 1 is 1.17 bits per heavy atom. The zero-order valence-electron chi connectivity index (χ0n) is 8.60. The number of rotatable bonds is 7. The van der Waals surface area contributed by atoms with Crippen LogP contribution in [0.5, 0.6) is 0 Å². The predicted octanol–water partition coefficient (Wildman–Crippen LogP) is 2.35. The summed E-state index contributed by atoms with van der Waals surface area (Å²) >= 11 is 0. The minimum atomic E-state index is -0.00771. The molecule has 0 bridgehead atoms. The maximum absolute atomic E-state index is 8.64. The van der Waals surface area contributed by atoms with E-state index in [2.05, 4.69) is 20.8 Å². The fourth-order valence-corrected chi connectivity index (χ4v) is 1.62. The van der Waals surface area contributed by atoms with Crippen molar-refractivity contribution in [1.82, 2.24) is 0 Å². The topological polar surface area (TPSA) is 29.5 Å². The Labute approximate surface area is 75.9 Å². The van der Waals surface area contributed by atoms with E-state index in [1.165, 1.54) is 0 Å². The summed E-state index contributed by atoms with van der Waals surface area (Å²) in [7, 11) is 0. The molecule has 0 aliphatic carbocycles. The van der Waals surface area contributed by atoms with E-state index in [-0.39, 0.29) is 12.2 Å². The highest BCUT2D eigenvalue weighted by Crippen LogP contribution is 2.23. The second kappa shape index (κ2) is 6.44. The second-order valence-corrected chi connectivity index (χ2v) is 3.52. The number of aliphatic hydroxyl groups excluding tert-OH is 1. The quantitative estimate of drug-likeness (QED) is 0.642. The lowest BCUT2D eigenvalue weighted by Gasteiger charge is -2.29. The fourth-order valence-electron chi connectivity index (χ4n) is 1.62. The summed E-state index contributed by atoms with van der Waals surface area (Å²) < 4.78 is 5.61. The summed E-state index contributed by atoms with van der Waals surface area (Å²) in [6.07, 6.45) is 4.45. The van der Waals surface area contributed by atoms with Crippen molar-refractivity contribution in [3.63, 3.8) is 0 Å². The van der Waals surface area contributed by atoms with Crippen molar-refractivity contribution < 1.29 is 9.84 Å². The van der Waals surface area contributed by atoms with Gasteiger partial charge in [-0.05, 0) is 19.8 Å². The minimum Gasteiger partial charge on any atom is -0.394 e. The Kier molecular flexibility index (Phi) is 6.39. The van der Waals surface area contributed by atoms with Gasteiger partial charge >= 0.3 is 0 Å². The summed E-state index contributed by atoms with van der Waals surface area (Å²) in [5.41, 5.74) is -0.00771. The molecule has 0 saturated carbocycles. The van der Waals surface area contributed by atoms with E-state index in [4.69, 9.17) is 9.84 Å². The van der Waals surface area contributed by atoms with Gasteiger partial charge in [0.2, 0.25) is 0 Å². The molecule has 1 N–H and O–H groups in total. The average Bonchev–Trinajstić information content (AvgIpc) is 2.02. The van der Waals surface area contributed by atoms with Crippen LogP contribution in [-0.4, -0.2) is 23.9 Å². The van der Waals surface area contributed by atoms with Crippen LogP contribution in [0.15, 0.2) is 0 Å². The second-order valence-electron chi connectivity index (χ2n) is 3.52. The van der Waals surface area contributed by atoms with Crippen LogP contribution in [0.2, 0.25) is 0 Å². The molecule has 0 spiro atoms. The van der Waals surface area contributed by atoms with Crippen LogP contribution in [0.4, 0.5) is 0 Å². The average molecular weight is 174 g/mol. The van der Waals surface area contributed by atoms with Crippen LogP contribution in [0.25, 0.3) is 0 Å². The van der Waals surface area contributed by atoms with Gasteiger partial charge in [0.25, 0.3) is 0 Å². The van der Waals surface area contributed by atoms with E-state index in [0.717, 1.165) is 25.7 Å². The maximum Gasteiger partial charge on any atom is 0.0705 e. The Morgan fingerprint density at radius 2 is 1.67 bits per heavy atom. The molecular weight excluding hydrogens is 152 g/mol. The van der Waals surface area contributed by atoms with Crippen molar-refractivity contribution in [1.29, 1.82) is 0 Å². The van der Waals surface area contributed by atoms with Crippen LogP contribution in [0, 0.1) is 0 Å². The lowest BCUT2D eigenvalue weighted by molar-refractivity contribution is -0.0569. The number of ether oxygens (including phenoxy) is 1. The zero-order valence-corrected chi connectivity index (χ0v) is 8.60. The number of hydrogen-bond donors (Lipinski definition) is 1. The van der Waals surface area contributed by atoms with Crippen molar-refractivity contribution in [3.8, 4) is 0 Å². The van der Waals surface area contributed by atoms with Crippen molar-refractivity contribution >= 4 is 0 Å². The third-order valence-corrected chi connectivity index (χ3v) is 2.10. The molecule has 74 valence electrons. The fraction of sp³-hybridized carbons (Fsp3) is 1.00. The summed E-state index contributed by atoms with van der Waals surface area (Å²) in [6, 6.07) is 0. The van der Waals surface area contributed by atoms with Crippen molar-refractivity contribution in [3.05, 3.63) is 0 Å². The van der Waals surface area contributed by atoms with Gasteiger partial charge in [-0.15, -0.1) is 0 Å². The van der Waals surface area contributed by atoms with Gasteiger partial charge in [0.1, 0.15) is 0 Å². The summed E-state index contributed by atoms with van der Waals surface area (Å²) in [5, 5.41) is 8.64. The summed E-state index contributed by atoms with van der Waals surface area (Å²) in [4.78, 5) is 0. The van der Waals surface area contributed by atoms with E-state index in [1.54, 1.807) is 0 Å². The highest BCUT2D eigenvalue weighted by Gasteiger charge is 2.22. The molecule has 0 aromatic carbocycles. The highest BCUT2D eigenvalue weighted by atomic mass is 16.5. The van der Waals surface area contributed by atoms with Gasteiger partial charge in [0.15, 0.2) is 0 Å². The molecular formula is C10H22O2. The smallest absolute Gasteiger partial charge is 0.0705 e. The monoisotopic (exact) mass is 174 g/mol. The Hall–Kier alpha value is -0.0800. The molecule has 2 nitrogen and oxygen atoms in total. The largest absolute Gasteiger partial charge is 0.394 e. The van der Waals surface area contributed by atoms with E-state index < -0.39 is 0 Å². The first-order valence-corrected chi connectivity index (χ1v) is 4.93. The Morgan fingerprint density at radius 3 is 2.00 bits per heavy atom. The third kappa shape index (κ3) is 4.73. The van der Waals surface area contributed by atoms with Crippen molar-refractivity contribution in [2.24, 2.45) is 0 Å². The number of hydrogen-bond acceptors (Lipinski definition) is 2. The zero-order chi connectivity index (χ0) is 9.45. The third-order valence-electron chi connectivity index (χ3n) is 2.10. The first-order valence-electron chi connectivity index (χ1n) is 4.93. The summed E-state index contributed by atoms with van der Waals surface area (Å²) in [6.45, 7) is 7.06. The molecule has 0 radical (unpaired) electrons. The first kappa shape index (κ1) is 11.9. The minimum absolute atomic E-state index is 0.00771. The van der Waals surface area contributed by atoms with Crippen LogP contribution >= 0.6 is 0 Å². The molecule has 12 heavy (non-hydrogen) atoms. The lowest BCUT2D eigenvalue weighted by atomic mass is 9.95. The van der Waals surface area contributed by atoms with Crippen molar-refractivity contribution in [2.45, 2.75) is 52.1 Å². The molecule has 0 aromatic rings. The number of aliphatic hydroxyl groups is 1. The molecule has 0 aliphatic heterocycles. The molecule has 0 unspecified atom stereocenters. The van der Waals surface area contributed by atoms with Crippen LogP contribution in [-0.2, 0) is 4.74 Å². The Bertz CT molecular complexity index is 96.0. The predicted molar refractivity (Wildman–Crippen MR) is 51.3 cm³/mol. The molecule has 0 aliphatic rings.